The molecular weight excluding hydrogens is 494 g/mol. The molecule has 2 N–H and O–H groups in total. The van der Waals surface area contributed by atoms with E-state index in [0.29, 0.717) is 39.5 Å². The van der Waals surface area contributed by atoms with Crippen LogP contribution in [0.5, 0.6) is 0 Å². The first-order valence-corrected chi connectivity index (χ1v) is 12.2. The lowest BCUT2D eigenvalue weighted by molar-refractivity contribution is 0.0653. The number of carbonyl (C=O) groups is 2. The summed E-state index contributed by atoms with van der Waals surface area (Å²) < 4.78 is 2.80. The molecular formula is C26H28ClN7O3. The number of carbonyl (C=O) groups excluding carboxylic acids is 2. The van der Waals surface area contributed by atoms with E-state index in [1.54, 1.807) is 36.2 Å². The second kappa shape index (κ2) is 10.1. The van der Waals surface area contributed by atoms with E-state index >= 15 is 0 Å². The molecule has 1 unspecified atom stereocenters. The number of aryl methyl sites for hydroxylation is 1. The average Bonchev–Trinajstić information content (AvgIpc) is 3.24. The van der Waals surface area contributed by atoms with Gasteiger partial charge in [0, 0.05) is 48.9 Å². The average molecular weight is 522 g/mol. The molecule has 3 aromatic rings. The van der Waals surface area contributed by atoms with Crippen LogP contribution < -0.4 is 16.2 Å². The van der Waals surface area contributed by atoms with Crippen molar-refractivity contribution in [2.75, 3.05) is 12.4 Å². The number of anilines is 1. The van der Waals surface area contributed by atoms with Crippen molar-refractivity contribution in [1.29, 1.82) is 0 Å². The van der Waals surface area contributed by atoms with E-state index in [-0.39, 0.29) is 47.8 Å². The lowest BCUT2D eigenvalue weighted by Crippen LogP contribution is -2.46. The lowest BCUT2D eigenvalue weighted by atomic mass is 9.98. The largest absolute Gasteiger partial charge is 0.354 e. The van der Waals surface area contributed by atoms with Gasteiger partial charge in [-0.2, -0.15) is 5.10 Å². The summed E-state index contributed by atoms with van der Waals surface area (Å²) in [6.07, 6.45) is 5.82. The normalized spacial score (nSPS) is 14.8. The molecule has 11 heteroatoms. The van der Waals surface area contributed by atoms with E-state index in [1.165, 1.54) is 16.3 Å². The second-order valence-electron chi connectivity index (χ2n) is 9.22. The molecule has 2 amide bonds. The van der Waals surface area contributed by atoms with E-state index in [0.717, 1.165) is 0 Å². The van der Waals surface area contributed by atoms with Crippen molar-refractivity contribution in [2.24, 2.45) is 7.05 Å². The van der Waals surface area contributed by atoms with Crippen molar-refractivity contribution in [2.45, 2.75) is 45.8 Å². The van der Waals surface area contributed by atoms with Crippen LogP contribution in [0.15, 0.2) is 29.1 Å². The molecule has 1 atom stereocenters. The molecule has 4 rings (SSSR count). The number of fused-ring (bicyclic) bond motifs is 1. The highest BCUT2D eigenvalue weighted by atomic mass is 35.5. The Kier molecular flexibility index (Phi) is 7.09. The van der Waals surface area contributed by atoms with Gasteiger partial charge in [-0.05, 0) is 45.4 Å². The molecule has 0 saturated carbocycles. The Morgan fingerprint density at radius 1 is 1.27 bits per heavy atom. The molecule has 3 heterocycles. The monoisotopic (exact) mass is 521 g/mol. The van der Waals surface area contributed by atoms with Crippen molar-refractivity contribution in [3.8, 4) is 18.2 Å². The fraction of sp³-hybridized carbons (Fsp3) is 0.346. The Balaban J connectivity index is 1.79. The molecule has 0 spiro atoms. The Morgan fingerprint density at radius 2 is 2.00 bits per heavy atom. The summed E-state index contributed by atoms with van der Waals surface area (Å²) in [6.45, 7) is 5.88. The van der Waals surface area contributed by atoms with Crippen LogP contribution >= 0.6 is 11.6 Å². The quantitative estimate of drug-likeness (QED) is 0.498. The highest BCUT2D eigenvalue weighted by Crippen LogP contribution is 2.26. The van der Waals surface area contributed by atoms with Gasteiger partial charge in [-0.25, -0.2) is 9.55 Å². The molecule has 1 aliphatic rings. The highest BCUT2D eigenvalue weighted by molar-refractivity contribution is 6.31. The van der Waals surface area contributed by atoms with Crippen LogP contribution in [0.1, 0.15) is 58.4 Å². The zero-order valence-corrected chi connectivity index (χ0v) is 22.1. The lowest BCUT2D eigenvalue weighted by Gasteiger charge is -2.34. The Labute approximate surface area is 219 Å². The topological polar surface area (TPSA) is 114 Å². The molecule has 37 heavy (non-hydrogen) atoms. The number of terminal acetylenes is 1. The number of hydrogen-bond acceptors (Lipinski definition) is 6. The maximum atomic E-state index is 13.8. The zero-order valence-electron chi connectivity index (χ0n) is 21.3. The van der Waals surface area contributed by atoms with Crippen molar-refractivity contribution >= 4 is 29.4 Å². The molecule has 0 radical (unpaired) electrons. The summed E-state index contributed by atoms with van der Waals surface area (Å²) in [6, 6.07) is 6.06. The first-order valence-electron chi connectivity index (χ1n) is 11.8. The van der Waals surface area contributed by atoms with Gasteiger partial charge >= 0.3 is 0 Å². The van der Waals surface area contributed by atoms with Crippen LogP contribution in [-0.4, -0.2) is 55.2 Å². The molecule has 10 nitrogen and oxygen atoms in total. The van der Waals surface area contributed by atoms with Gasteiger partial charge in [0.15, 0.2) is 5.82 Å². The molecule has 2 aromatic heterocycles. The van der Waals surface area contributed by atoms with Gasteiger partial charge in [-0.3, -0.25) is 19.1 Å². The van der Waals surface area contributed by atoms with Crippen LogP contribution in [-0.2, 0) is 20.0 Å². The minimum atomic E-state index is -0.323. The third-order valence-corrected chi connectivity index (χ3v) is 6.55. The van der Waals surface area contributed by atoms with E-state index < -0.39 is 0 Å². The van der Waals surface area contributed by atoms with Crippen LogP contribution in [0, 0.1) is 12.3 Å². The highest BCUT2D eigenvalue weighted by Gasteiger charge is 2.32. The van der Waals surface area contributed by atoms with Crippen LogP contribution in [0.3, 0.4) is 0 Å². The minimum absolute atomic E-state index is 0.0465. The SMILES string of the molecule is C#Cc1cc(C(=O)N2Cc3nc(NC(C)C)n(-c4cc(C(=O)NC)n(C)n4)c(=O)c3CC2C)ccc1Cl. The summed E-state index contributed by atoms with van der Waals surface area (Å²) in [5, 5.41) is 10.6. The standard InChI is InChI=1S/C26H28ClN7O3/c1-7-16-11-17(8-9-19(16)27)24(36)33-13-20-18(10-15(33)4)25(37)34(26(30-20)29-14(2)3)22-12-21(23(35)28-5)32(6)31-22/h1,8-9,11-12,14-15H,10,13H2,2-6H3,(H,28,35)(H,29,30). The van der Waals surface area contributed by atoms with Crippen molar-refractivity contribution < 1.29 is 9.59 Å². The van der Waals surface area contributed by atoms with Gasteiger partial charge in [-0.15, -0.1) is 6.42 Å². The van der Waals surface area contributed by atoms with Gasteiger partial charge in [0.05, 0.1) is 17.3 Å². The third-order valence-electron chi connectivity index (χ3n) is 6.22. The van der Waals surface area contributed by atoms with E-state index in [9.17, 15) is 14.4 Å². The summed E-state index contributed by atoms with van der Waals surface area (Å²) in [5.41, 5.74) is 1.86. The first kappa shape index (κ1) is 26.0. The van der Waals surface area contributed by atoms with E-state index in [4.69, 9.17) is 23.0 Å². The number of hydrogen-bond donors (Lipinski definition) is 2. The molecule has 1 aromatic carbocycles. The van der Waals surface area contributed by atoms with Crippen molar-refractivity contribution in [3.05, 3.63) is 67.7 Å². The smallest absolute Gasteiger partial charge is 0.269 e. The summed E-state index contributed by atoms with van der Waals surface area (Å²) in [4.78, 5) is 45.8. The fourth-order valence-electron chi connectivity index (χ4n) is 4.33. The minimum Gasteiger partial charge on any atom is -0.354 e. The Bertz CT molecular complexity index is 1500. The first-order chi connectivity index (χ1) is 17.5. The van der Waals surface area contributed by atoms with Crippen molar-refractivity contribution in [1.82, 2.24) is 29.5 Å². The zero-order chi connectivity index (χ0) is 27.0. The number of amides is 2. The van der Waals surface area contributed by atoms with Gasteiger partial charge in [0.25, 0.3) is 17.4 Å². The number of aromatic nitrogens is 4. The number of rotatable bonds is 5. The molecule has 0 bridgehead atoms. The van der Waals surface area contributed by atoms with Crippen molar-refractivity contribution in [3.63, 3.8) is 0 Å². The maximum absolute atomic E-state index is 13.8. The number of benzene rings is 1. The third kappa shape index (κ3) is 4.82. The Hall–Kier alpha value is -4.10. The van der Waals surface area contributed by atoms with Gasteiger partial charge < -0.3 is 15.5 Å². The van der Waals surface area contributed by atoms with Gasteiger partial charge in [-0.1, -0.05) is 17.5 Å². The summed E-state index contributed by atoms with van der Waals surface area (Å²) in [5.74, 6) is 2.50. The fourth-order valence-corrected chi connectivity index (χ4v) is 4.51. The second-order valence-corrected chi connectivity index (χ2v) is 9.62. The number of nitrogens with one attached hydrogen (secondary N) is 2. The van der Waals surface area contributed by atoms with E-state index in [1.807, 2.05) is 20.8 Å². The molecule has 0 aliphatic carbocycles. The number of nitrogens with zero attached hydrogens (tertiary/aromatic N) is 5. The number of halogens is 1. The van der Waals surface area contributed by atoms with Gasteiger partial charge in [0.2, 0.25) is 5.95 Å². The van der Waals surface area contributed by atoms with Gasteiger partial charge in [0.1, 0.15) is 5.69 Å². The van der Waals surface area contributed by atoms with E-state index in [2.05, 4.69) is 21.7 Å². The Morgan fingerprint density at radius 3 is 2.65 bits per heavy atom. The predicted molar refractivity (Wildman–Crippen MR) is 141 cm³/mol. The molecule has 0 saturated heterocycles. The summed E-state index contributed by atoms with van der Waals surface area (Å²) >= 11 is 6.11. The molecule has 0 fully saturated rings. The summed E-state index contributed by atoms with van der Waals surface area (Å²) in [7, 11) is 3.16. The van der Waals surface area contributed by atoms with Crippen LogP contribution in [0.25, 0.3) is 5.82 Å². The van der Waals surface area contributed by atoms with Crippen LogP contribution in [0.2, 0.25) is 5.02 Å². The predicted octanol–water partition coefficient (Wildman–Crippen LogP) is 2.37. The molecule has 192 valence electrons. The van der Waals surface area contributed by atoms with Crippen LogP contribution in [0.4, 0.5) is 5.95 Å². The molecule has 1 aliphatic heterocycles. The maximum Gasteiger partial charge on any atom is 0.269 e.